The van der Waals surface area contributed by atoms with E-state index in [0.29, 0.717) is 5.69 Å². The number of hydrogen-bond acceptors (Lipinski definition) is 8. The third-order valence-corrected chi connectivity index (χ3v) is 7.50. The van der Waals surface area contributed by atoms with E-state index >= 15 is 0 Å². The summed E-state index contributed by atoms with van der Waals surface area (Å²) in [5.41, 5.74) is 0.447. The smallest absolute Gasteiger partial charge is 0.269 e. The highest BCUT2D eigenvalue weighted by Crippen LogP contribution is 2.36. The zero-order valence-corrected chi connectivity index (χ0v) is 21.7. The van der Waals surface area contributed by atoms with E-state index in [4.69, 9.17) is 9.84 Å². The van der Waals surface area contributed by atoms with Crippen molar-refractivity contribution in [3.63, 3.8) is 0 Å². The first-order chi connectivity index (χ1) is 18.3. The maximum Gasteiger partial charge on any atom is 0.269 e. The van der Waals surface area contributed by atoms with Crippen molar-refractivity contribution in [3.05, 3.63) is 47.2 Å². The summed E-state index contributed by atoms with van der Waals surface area (Å²) in [4.78, 5) is 23.4. The predicted octanol–water partition coefficient (Wildman–Crippen LogP) is 3.70. The molecule has 0 spiro atoms. The predicted molar refractivity (Wildman–Crippen MR) is 135 cm³/mol. The van der Waals surface area contributed by atoms with Gasteiger partial charge in [-0.2, -0.15) is 13.8 Å². The monoisotopic (exact) mass is 573 g/mol. The molecule has 3 N–H and O–H groups in total. The molecule has 2 aliphatic rings. The van der Waals surface area contributed by atoms with Gasteiger partial charge in [-0.25, -0.2) is 22.2 Å². The number of nitrogens with zero attached hydrogens (tertiary/aromatic N) is 3. The Hall–Kier alpha value is -3.46. The number of sulfonamides is 1. The summed E-state index contributed by atoms with van der Waals surface area (Å²) in [6.45, 7) is 1.15. The third-order valence-electron chi connectivity index (χ3n) is 6.23. The first-order valence-electron chi connectivity index (χ1n) is 12.1. The van der Waals surface area contributed by atoms with Gasteiger partial charge in [-0.05, 0) is 19.1 Å². The Labute approximate surface area is 222 Å². The number of carbonyl (C=O) groups excluding carboxylic acids is 1. The fraction of sp³-hybridized carbons (Fsp3) is 0.458. The standard InChI is InChI=1S/C24H27F4N5O5S/c1-14-10-20(31-23(29-14)33-6-4-24(27,28)5-7-33)30-22(35)18-3-2-16(32-39(36,37)9-8-34)13-19(18)38-17-11-15(12-17)21(25)26/h2-3,10,13,17,32,34H,4-9,11-12H2,1H3,(H,29,30,31,35). The van der Waals surface area contributed by atoms with Crippen molar-refractivity contribution in [1.29, 1.82) is 0 Å². The number of anilines is 3. The van der Waals surface area contributed by atoms with Gasteiger partial charge < -0.3 is 20.1 Å². The molecule has 2 heterocycles. The molecule has 15 heteroatoms. The number of nitrogens with one attached hydrogen (secondary N) is 2. The number of rotatable bonds is 9. The van der Waals surface area contributed by atoms with Gasteiger partial charge in [-0.15, -0.1) is 0 Å². The number of piperidine rings is 1. The van der Waals surface area contributed by atoms with Gasteiger partial charge in [0.15, 0.2) is 0 Å². The molecular weight excluding hydrogens is 546 g/mol. The number of alkyl halides is 2. The van der Waals surface area contributed by atoms with Crippen molar-refractivity contribution >= 4 is 33.4 Å². The van der Waals surface area contributed by atoms with Gasteiger partial charge in [0, 0.05) is 62.2 Å². The lowest BCUT2D eigenvalue weighted by Crippen LogP contribution is -2.40. The number of ether oxygens (including phenoxy) is 1. The first kappa shape index (κ1) is 28.5. The maximum atomic E-state index is 13.6. The molecule has 0 unspecified atom stereocenters. The van der Waals surface area contributed by atoms with E-state index in [1.165, 1.54) is 24.3 Å². The molecule has 10 nitrogen and oxygen atoms in total. The Morgan fingerprint density at radius 3 is 2.51 bits per heavy atom. The van der Waals surface area contributed by atoms with Gasteiger partial charge in [-0.1, -0.05) is 0 Å². The summed E-state index contributed by atoms with van der Waals surface area (Å²) >= 11 is 0. The number of benzene rings is 1. The van der Waals surface area contributed by atoms with Gasteiger partial charge in [0.05, 0.1) is 23.6 Å². The molecule has 1 aromatic heterocycles. The van der Waals surface area contributed by atoms with Crippen LogP contribution in [0.4, 0.5) is 35.0 Å². The Morgan fingerprint density at radius 2 is 1.87 bits per heavy atom. The van der Waals surface area contributed by atoms with Crippen LogP contribution in [0.15, 0.2) is 35.9 Å². The SMILES string of the molecule is Cc1cc(NC(=O)c2ccc(NS(=O)(=O)CCO)cc2OC2CC(=C(F)F)C2)nc(N2CCC(F)(F)CC2)n1. The van der Waals surface area contributed by atoms with Crippen molar-refractivity contribution in [3.8, 4) is 5.75 Å². The summed E-state index contributed by atoms with van der Waals surface area (Å²) < 4.78 is 84.9. The molecule has 2 fully saturated rings. The second-order valence-corrected chi connectivity index (χ2v) is 11.2. The number of aliphatic hydroxyl groups is 1. The molecule has 2 aromatic rings. The fourth-order valence-electron chi connectivity index (χ4n) is 4.10. The normalized spacial score (nSPS) is 18.8. The molecule has 0 radical (unpaired) electrons. The van der Waals surface area contributed by atoms with Crippen LogP contribution in [0.25, 0.3) is 0 Å². The van der Waals surface area contributed by atoms with Crippen LogP contribution in [0, 0.1) is 6.92 Å². The minimum atomic E-state index is -3.88. The maximum absolute atomic E-state index is 13.6. The first-order valence-corrected chi connectivity index (χ1v) is 13.7. The molecule has 39 heavy (non-hydrogen) atoms. The third kappa shape index (κ3) is 7.35. The molecule has 1 aliphatic carbocycles. The van der Waals surface area contributed by atoms with Crippen molar-refractivity contribution in [2.45, 2.75) is 44.6 Å². The second-order valence-electron chi connectivity index (χ2n) is 9.36. The minimum Gasteiger partial charge on any atom is -0.489 e. The zero-order chi connectivity index (χ0) is 28.4. The summed E-state index contributed by atoms with van der Waals surface area (Å²) in [7, 11) is -3.88. The molecule has 1 saturated heterocycles. The van der Waals surface area contributed by atoms with Crippen LogP contribution < -0.4 is 19.7 Å². The molecule has 1 aromatic carbocycles. The van der Waals surface area contributed by atoms with E-state index in [0.717, 1.165) is 0 Å². The van der Waals surface area contributed by atoms with Crippen LogP contribution in [0.2, 0.25) is 0 Å². The Bertz CT molecular complexity index is 1370. The van der Waals surface area contributed by atoms with Gasteiger partial charge in [0.2, 0.25) is 16.0 Å². The number of aliphatic hydroxyl groups excluding tert-OH is 1. The number of hydrogen-bond donors (Lipinski definition) is 3. The van der Waals surface area contributed by atoms with Crippen molar-refractivity contribution in [1.82, 2.24) is 9.97 Å². The lowest BCUT2D eigenvalue weighted by molar-refractivity contribution is -0.0222. The van der Waals surface area contributed by atoms with E-state index in [-0.39, 0.29) is 73.1 Å². The van der Waals surface area contributed by atoms with E-state index in [9.17, 15) is 30.8 Å². The molecule has 212 valence electrons. The number of aromatic nitrogens is 2. The van der Waals surface area contributed by atoms with Gasteiger partial charge >= 0.3 is 0 Å². The van der Waals surface area contributed by atoms with Crippen molar-refractivity contribution < 1.29 is 40.6 Å². The Morgan fingerprint density at radius 1 is 1.18 bits per heavy atom. The molecule has 0 atom stereocenters. The number of aryl methyl sites for hydroxylation is 1. The van der Waals surface area contributed by atoms with Gasteiger partial charge in [-0.3, -0.25) is 9.52 Å². The van der Waals surface area contributed by atoms with Crippen LogP contribution in [0.3, 0.4) is 0 Å². The quantitative estimate of drug-likeness (QED) is 0.387. The van der Waals surface area contributed by atoms with Crippen LogP contribution in [-0.2, 0) is 10.0 Å². The molecule has 4 rings (SSSR count). The molecule has 0 bridgehead atoms. The lowest BCUT2D eigenvalue weighted by atomic mass is 9.89. The fourth-order valence-corrected chi connectivity index (χ4v) is 4.93. The largest absolute Gasteiger partial charge is 0.489 e. The zero-order valence-electron chi connectivity index (χ0n) is 20.9. The number of halogens is 4. The molecule has 1 aliphatic heterocycles. The van der Waals surface area contributed by atoms with Crippen LogP contribution in [-0.4, -0.2) is 66.9 Å². The summed E-state index contributed by atoms with van der Waals surface area (Å²) in [6, 6.07) is 5.36. The van der Waals surface area contributed by atoms with Crippen molar-refractivity contribution in [2.75, 3.05) is 40.4 Å². The average molecular weight is 574 g/mol. The Balaban J connectivity index is 1.56. The molecule has 1 saturated carbocycles. The second kappa shape index (κ2) is 11.3. The highest BCUT2D eigenvalue weighted by Gasteiger charge is 2.35. The van der Waals surface area contributed by atoms with Gasteiger partial charge in [0.1, 0.15) is 17.7 Å². The highest BCUT2D eigenvalue weighted by molar-refractivity contribution is 7.92. The molecular formula is C24H27F4N5O5S. The number of amides is 1. The van der Waals surface area contributed by atoms with Gasteiger partial charge in [0.25, 0.3) is 17.9 Å². The minimum absolute atomic E-state index is 0.0197. The van der Waals surface area contributed by atoms with E-state index in [2.05, 4.69) is 20.0 Å². The summed E-state index contributed by atoms with van der Waals surface area (Å²) in [6.07, 6.45) is -3.22. The van der Waals surface area contributed by atoms with E-state index in [1.807, 2.05) is 0 Å². The highest BCUT2D eigenvalue weighted by atomic mass is 32.2. The topological polar surface area (TPSA) is 134 Å². The van der Waals surface area contributed by atoms with Crippen LogP contribution >= 0.6 is 0 Å². The summed E-state index contributed by atoms with van der Waals surface area (Å²) in [5, 5.41) is 11.6. The number of carbonyl (C=O) groups is 1. The van der Waals surface area contributed by atoms with Crippen LogP contribution in [0.5, 0.6) is 5.75 Å². The van der Waals surface area contributed by atoms with Crippen LogP contribution in [0.1, 0.15) is 41.7 Å². The Kier molecular flexibility index (Phi) is 8.30. The van der Waals surface area contributed by atoms with Crippen molar-refractivity contribution in [2.24, 2.45) is 0 Å². The average Bonchev–Trinajstić information content (AvgIpc) is 2.80. The van der Waals surface area contributed by atoms with E-state index < -0.39 is 46.4 Å². The molecule has 1 amide bonds. The lowest BCUT2D eigenvalue weighted by Gasteiger charge is -2.32. The summed E-state index contributed by atoms with van der Waals surface area (Å²) in [5.74, 6) is -3.75. The van der Waals surface area contributed by atoms with E-state index in [1.54, 1.807) is 11.8 Å².